The molecular formula is C20H23N3O4S. The summed E-state index contributed by atoms with van der Waals surface area (Å²) < 4.78 is 33.0. The Morgan fingerprint density at radius 3 is 2.71 bits per heavy atom. The third kappa shape index (κ3) is 3.88. The van der Waals surface area contributed by atoms with E-state index in [0.717, 1.165) is 15.6 Å². The Bertz CT molecular complexity index is 1100. The summed E-state index contributed by atoms with van der Waals surface area (Å²) in [4.78, 5) is 12.9. The van der Waals surface area contributed by atoms with E-state index >= 15 is 0 Å². The van der Waals surface area contributed by atoms with Gasteiger partial charge < -0.3 is 14.3 Å². The number of furan rings is 1. The third-order valence-corrected chi connectivity index (χ3v) is 6.24. The summed E-state index contributed by atoms with van der Waals surface area (Å²) in [5.74, 6) is 0.562. The van der Waals surface area contributed by atoms with E-state index in [1.165, 1.54) is 14.1 Å². The maximum Gasteiger partial charge on any atom is 0.267 e. The Kier molecular flexibility index (Phi) is 5.71. The van der Waals surface area contributed by atoms with Gasteiger partial charge in [-0.2, -0.15) is 0 Å². The molecule has 0 fully saturated rings. The Balaban J connectivity index is 1.91. The second-order valence-corrected chi connectivity index (χ2v) is 8.67. The summed E-state index contributed by atoms with van der Waals surface area (Å²) in [7, 11) is -0.578. The average molecular weight is 401 g/mol. The maximum absolute atomic E-state index is 12.7. The quantitative estimate of drug-likeness (QED) is 0.588. The monoisotopic (exact) mass is 401 g/mol. The molecule has 0 spiro atoms. The molecule has 8 heteroatoms. The van der Waals surface area contributed by atoms with Gasteiger partial charge in [-0.05, 0) is 36.4 Å². The van der Waals surface area contributed by atoms with Gasteiger partial charge in [0, 0.05) is 44.5 Å². The molecule has 2 aromatic heterocycles. The standard InChI is InChI=1S/C20H23N3O4S/c1-4-11-23-18-8-7-17(28(25,26)22(2)3)13-15(18)14-19(23)20(24)21-10-9-16-6-5-12-27-16/h4-8,12-14H,1,9-11H2,2-3H3,(H,21,24). The lowest BCUT2D eigenvalue weighted by Gasteiger charge is -2.12. The minimum absolute atomic E-state index is 0.186. The zero-order valence-corrected chi connectivity index (χ0v) is 16.7. The Hall–Kier alpha value is -2.84. The number of hydrogen-bond acceptors (Lipinski definition) is 4. The van der Waals surface area contributed by atoms with Crippen molar-refractivity contribution in [2.45, 2.75) is 17.9 Å². The van der Waals surface area contributed by atoms with Crippen LogP contribution in [0.5, 0.6) is 0 Å². The molecule has 0 bridgehead atoms. The van der Waals surface area contributed by atoms with Crippen molar-refractivity contribution in [2.75, 3.05) is 20.6 Å². The molecule has 7 nitrogen and oxygen atoms in total. The largest absolute Gasteiger partial charge is 0.469 e. The fourth-order valence-corrected chi connectivity index (χ4v) is 3.92. The number of hydrogen-bond donors (Lipinski definition) is 1. The summed E-state index contributed by atoms with van der Waals surface area (Å²) >= 11 is 0. The van der Waals surface area contributed by atoms with Crippen molar-refractivity contribution in [3.63, 3.8) is 0 Å². The molecule has 3 rings (SSSR count). The highest BCUT2D eigenvalue weighted by Crippen LogP contribution is 2.25. The first kappa shape index (κ1) is 19.9. The summed E-state index contributed by atoms with van der Waals surface area (Å²) in [6, 6.07) is 10.2. The molecule has 0 saturated carbocycles. The van der Waals surface area contributed by atoms with Gasteiger partial charge in [-0.25, -0.2) is 12.7 Å². The van der Waals surface area contributed by atoms with Crippen molar-refractivity contribution < 1.29 is 17.6 Å². The highest BCUT2D eigenvalue weighted by Gasteiger charge is 2.20. The van der Waals surface area contributed by atoms with E-state index in [4.69, 9.17) is 4.42 Å². The van der Waals surface area contributed by atoms with Gasteiger partial charge in [0.05, 0.1) is 11.2 Å². The molecule has 3 aromatic rings. The first-order valence-electron chi connectivity index (χ1n) is 8.82. The average Bonchev–Trinajstić information content (AvgIpc) is 3.29. The normalized spacial score (nSPS) is 11.8. The van der Waals surface area contributed by atoms with Crippen LogP contribution in [0.4, 0.5) is 0 Å². The fourth-order valence-electron chi connectivity index (χ4n) is 2.98. The number of carbonyl (C=O) groups excluding carboxylic acids is 1. The van der Waals surface area contributed by atoms with Crippen LogP contribution in [0.15, 0.2) is 64.6 Å². The number of sulfonamides is 1. The molecule has 148 valence electrons. The lowest BCUT2D eigenvalue weighted by molar-refractivity contribution is 0.0945. The molecule has 0 radical (unpaired) electrons. The minimum Gasteiger partial charge on any atom is -0.469 e. The molecule has 2 heterocycles. The van der Waals surface area contributed by atoms with Gasteiger partial charge in [0.25, 0.3) is 5.91 Å². The van der Waals surface area contributed by atoms with Crippen molar-refractivity contribution in [1.82, 2.24) is 14.2 Å². The molecule has 0 aliphatic carbocycles. The number of rotatable bonds is 8. The van der Waals surface area contributed by atoms with Crippen LogP contribution in [0.1, 0.15) is 16.2 Å². The second kappa shape index (κ2) is 8.04. The van der Waals surface area contributed by atoms with E-state index in [1.54, 1.807) is 42.7 Å². The van der Waals surface area contributed by atoms with E-state index < -0.39 is 10.0 Å². The predicted octanol–water partition coefficient (Wildman–Crippen LogP) is 2.64. The molecule has 1 amide bonds. The first-order valence-corrected chi connectivity index (χ1v) is 10.3. The molecule has 0 atom stereocenters. The van der Waals surface area contributed by atoms with E-state index in [9.17, 15) is 13.2 Å². The van der Waals surface area contributed by atoms with Gasteiger partial charge in [-0.1, -0.05) is 6.08 Å². The van der Waals surface area contributed by atoms with Crippen molar-refractivity contribution >= 4 is 26.8 Å². The Labute approximate surface area is 164 Å². The lowest BCUT2D eigenvalue weighted by Crippen LogP contribution is -2.27. The fraction of sp³-hybridized carbons (Fsp3) is 0.250. The van der Waals surface area contributed by atoms with Gasteiger partial charge in [0.2, 0.25) is 10.0 Å². The van der Waals surface area contributed by atoms with Crippen molar-refractivity contribution in [3.05, 3.63) is 66.8 Å². The number of fused-ring (bicyclic) bond motifs is 1. The zero-order valence-electron chi connectivity index (χ0n) is 15.9. The van der Waals surface area contributed by atoms with Crippen molar-refractivity contribution in [3.8, 4) is 0 Å². The predicted molar refractivity (Wildman–Crippen MR) is 108 cm³/mol. The highest BCUT2D eigenvalue weighted by atomic mass is 32.2. The van der Waals surface area contributed by atoms with E-state index in [-0.39, 0.29) is 10.8 Å². The van der Waals surface area contributed by atoms with Crippen LogP contribution in [-0.2, 0) is 23.0 Å². The van der Waals surface area contributed by atoms with Crippen LogP contribution in [0.2, 0.25) is 0 Å². The van der Waals surface area contributed by atoms with E-state index in [1.807, 2.05) is 10.6 Å². The summed E-state index contributed by atoms with van der Waals surface area (Å²) in [6.45, 7) is 4.62. The van der Waals surface area contributed by atoms with Gasteiger partial charge >= 0.3 is 0 Å². The summed E-state index contributed by atoms with van der Waals surface area (Å²) in [6.07, 6.45) is 3.88. The molecule has 28 heavy (non-hydrogen) atoms. The smallest absolute Gasteiger partial charge is 0.267 e. The molecule has 0 saturated heterocycles. The van der Waals surface area contributed by atoms with E-state index in [2.05, 4.69) is 11.9 Å². The first-order chi connectivity index (χ1) is 13.3. The number of allylic oxidation sites excluding steroid dienone is 1. The minimum atomic E-state index is -3.55. The van der Waals surface area contributed by atoms with Crippen LogP contribution in [0, 0.1) is 0 Å². The van der Waals surface area contributed by atoms with Crippen LogP contribution in [0.25, 0.3) is 10.9 Å². The topological polar surface area (TPSA) is 84.5 Å². The van der Waals surface area contributed by atoms with Crippen LogP contribution in [-0.4, -0.2) is 43.8 Å². The molecule has 1 aromatic carbocycles. The van der Waals surface area contributed by atoms with Crippen LogP contribution in [0.3, 0.4) is 0 Å². The van der Waals surface area contributed by atoms with Crippen molar-refractivity contribution in [2.24, 2.45) is 0 Å². The van der Waals surface area contributed by atoms with Gasteiger partial charge in [-0.15, -0.1) is 6.58 Å². The van der Waals surface area contributed by atoms with Crippen molar-refractivity contribution in [1.29, 1.82) is 0 Å². The molecule has 0 aliphatic heterocycles. The SMILES string of the molecule is C=CCn1c(C(=O)NCCc2ccco2)cc2cc(S(=O)(=O)N(C)C)ccc21. The van der Waals surface area contributed by atoms with Crippen LogP contribution < -0.4 is 5.32 Å². The number of aromatic nitrogens is 1. The van der Waals surface area contributed by atoms with Gasteiger partial charge in [0.15, 0.2) is 0 Å². The lowest BCUT2D eigenvalue weighted by atomic mass is 10.2. The maximum atomic E-state index is 12.7. The number of amides is 1. The molecule has 1 N–H and O–H groups in total. The van der Waals surface area contributed by atoms with Crippen LogP contribution >= 0.6 is 0 Å². The second-order valence-electron chi connectivity index (χ2n) is 6.52. The summed E-state index contributed by atoms with van der Waals surface area (Å²) in [5, 5.41) is 3.56. The van der Waals surface area contributed by atoms with Gasteiger partial charge in [0.1, 0.15) is 11.5 Å². The van der Waals surface area contributed by atoms with E-state index in [0.29, 0.717) is 30.6 Å². The molecule has 0 aliphatic rings. The number of nitrogens with one attached hydrogen (secondary N) is 1. The Morgan fingerprint density at radius 1 is 1.29 bits per heavy atom. The number of carbonyl (C=O) groups is 1. The molecule has 0 unspecified atom stereocenters. The zero-order chi connectivity index (χ0) is 20.3. The molecular weight excluding hydrogens is 378 g/mol. The Morgan fingerprint density at radius 2 is 2.07 bits per heavy atom. The number of benzene rings is 1. The third-order valence-electron chi connectivity index (χ3n) is 4.43. The summed E-state index contributed by atoms with van der Waals surface area (Å²) in [5.41, 5.74) is 1.22. The number of nitrogens with zero attached hydrogens (tertiary/aromatic N) is 2. The van der Waals surface area contributed by atoms with Gasteiger partial charge in [-0.3, -0.25) is 4.79 Å². The highest BCUT2D eigenvalue weighted by molar-refractivity contribution is 7.89.